The Labute approximate surface area is 127 Å². The van der Waals surface area contributed by atoms with Gasteiger partial charge in [0, 0.05) is 37.5 Å². The zero-order valence-electron chi connectivity index (χ0n) is 13.3. The zero-order chi connectivity index (χ0) is 14.8. The van der Waals surface area contributed by atoms with Crippen molar-refractivity contribution in [3.8, 4) is 0 Å². The van der Waals surface area contributed by atoms with E-state index < -0.39 is 0 Å². The summed E-state index contributed by atoms with van der Waals surface area (Å²) in [7, 11) is 1.76. The number of aromatic nitrogens is 1. The van der Waals surface area contributed by atoms with Crippen molar-refractivity contribution in [3.05, 3.63) is 22.9 Å². The molecule has 1 unspecified atom stereocenters. The molecule has 1 aromatic heterocycles. The third kappa shape index (κ3) is 3.06. The van der Waals surface area contributed by atoms with Gasteiger partial charge in [-0.15, -0.1) is 0 Å². The van der Waals surface area contributed by atoms with Gasteiger partial charge >= 0.3 is 0 Å². The average molecular weight is 289 g/mol. The number of fused-ring (bicyclic) bond motifs is 1. The fourth-order valence-electron chi connectivity index (χ4n) is 3.43. The van der Waals surface area contributed by atoms with Crippen LogP contribution >= 0.6 is 0 Å². The zero-order valence-corrected chi connectivity index (χ0v) is 13.3. The van der Waals surface area contributed by atoms with Crippen LogP contribution in [0.5, 0.6) is 0 Å². The number of hydrogen-bond donors (Lipinski definition) is 1. The molecule has 116 valence electrons. The Hall–Kier alpha value is -1.13. The molecule has 1 saturated carbocycles. The van der Waals surface area contributed by atoms with E-state index in [9.17, 15) is 0 Å². The molecule has 0 aliphatic heterocycles. The van der Waals surface area contributed by atoms with Crippen LogP contribution in [0, 0.1) is 5.92 Å². The van der Waals surface area contributed by atoms with Crippen LogP contribution in [0.3, 0.4) is 0 Å². The van der Waals surface area contributed by atoms with E-state index in [-0.39, 0.29) is 0 Å². The summed E-state index contributed by atoms with van der Waals surface area (Å²) >= 11 is 0. The van der Waals surface area contributed by atoms with Gasteiger partial charge in [0.25, 0.3) is 0 Å². The van der Waals surface area contributed by atoms with Gasteiger partial charge in [0.2, 0.25) is 0 Å². The number of aryl methyl sites for hydroxylation is 2. The number of nitrogens with zero attached hydrogens (tertiary/aromatic N) is 2. The minimum Gasteiger partial charge on any atom is -0.383 e. The van der Waals surface area contributed by atoms with Crippen LogP contribution < -0.4 is 10.6 Å². The Morgan fingerprint density at radius 3 is 2.90 bits per heavy atom. The summed E-state index contributed by atoms with van der Waals surface area (Å²) in [6, 6.07) is 2.82. The van der Waals surface area contributed by atoms with E-state index in [1.807, 2.05) is 0 Å². The van der Waals surface area contributed by atoms with Gasteiger partial charge in [-0.3, -0.25) is 0 Å². The van der Waals surface area contributed by atoms with E-state index in [1.165, 1.54) is 36.1 Å². The predicted molar refractivity (Wildman–Crippen MR) is 85.6 cm³/mol. The maximum atomic E-state index is 6.01. The largest absolute Gasteiger partial charge is 0.383 e. The lowest BCUT2D eigenvalue weighted by atomic mass is 10.1. The van der Waals surface area contributed by atoms with Crippen molar-refractivity contribution < 1.29 is 4.74 Å². The van der Waals surface area contributed by atoms with Crippen LogP contribution in [0.15, 0.2) is 6.07 Å². The fraction of sp³-hybridized carbons (Fsp3) is 0.706. The van der Waals surface area contributed by atoms with Gasteiger partial charge in [0.1, 0.15) is 5.82 Å². The molecular formula is C17H27N3O. The number of methoxy groups -OCH3 is 1. The highest BCUT2D eigenvalue weighted by Gasteiger charge is 2.33. The van der Waals surface area contributed by atoms with Gasteiger partial charge in [-0.25, -0.2) is 4.98 Å². The van der Waals surface area contributed by atoms with Crippen LogP contribution in [0.2, 0.25) is 0 Å². The highest BCUT2D eigenvalue weighted by molar-refractivity contribution is 5.52. The molecule has 0 saturated heterocycles. The van der Waals surface area contributed by atoms with E-state index in [4.69, 9.17) is 15.5 Å². The predicted octanol–water partition coefficient (Wildman–Crippen LogP) is 2.28. The first-order valence-electron chi connectivity index (χ1n) is 8.22. The van der Waals surface area contributed by atoms with Crippen LogP contribution in [0.25, 0.3) is 0 Å². The monoisotopic (exact) mass is 289 g/mol. The lowest BCUT2D eigenvalue weighted by Gasteiger charge is -2.32. The van der Waals surface area contributed by atoms with Crippen molar-refractivity contribution in [3.63, 3.8) is 0 Å². The number of anilines is 1. The summed E-state index contributed by atoms with van der Waals surface area (Å²) in [5.41, 5.74) is 9.89. The highest BCUT2D eigenvalue weighted by Crippen LogP contribution is 2.38. The Kier molecular flexibility index (Phi) is 4.45. The number of ether oxygens (including phenoxy) is 1. The second-order valence-corrected chi connectivity index (χ2v) is 6.40. The summed E-state index contributed by atoms with van der Waals surface area (Å²) in [4.78, 5) is 7.43. The Morgan fingerprint density at radius 2 is 2.24 bits per heavy atom. The van der Waals surface area contributed by atoms with Gasteiger partial charge in [0.05, 0.1) is 6.61 Å². The summed E-state index contributed by atoms with van der Waals surface area (Å²) < 4.78 is 5.31. The molecule has 2 N–H and O–H groups in total. The molecule has 0 spiro atoms. The molecule has 0 radical (unpaired) electrons. The minimum atomic E-state index is 0.525. The molecule has 1 aromatic rings. The molecule has 2 aliphatic carbocycles. The van der Waals surface area contributed by atoms with E-state index in [0.717, 1.165) is 37.7 Å². The Balaban J connectivity index is 1.92. The molecule has 1 atom stereocenters. The molecule has 0 amide bonds. The van der Waals surface area contributed by atoms with Crippen LogP contribution in [-0.4, -0.2) is 31.3 Å². The first kappa shape index (κ1) is 14.8. The molecule has 4 nitrogen and oxygen atoms in total. The van der Waals surface area contributed by atoms with Crippen molar-refractivity contribution in [1.29, 1.82) is 0 Å². The first-order chi connectivity index (χ1) is 10.2. The van der Waals surface area contributed by atoms with Crippen molar-refractivity contribution in [2.24, 2.45) is 11.7 Å². The SMILES string of the molecule is COCCN(c1nc2c(cc1CN)CCC2)C(C)C1CC1. The number of hydrogen-bond acceptors (Lipinski definition) is 4. The molecule has 0 aromatic carbocycles. The molecular weight excluding hydrogens is 262 g/mol. The second kappa shape index (κ2) is 6.32. The van der Waals surface area contributed by atoms with Gasteiger partial charge in [-0.1, -0.05) is 0 Å². The summed E-state index contributed by atoms with van der Waals surface area (Å²) in [5, 5.41) is 0. The van der Waals surface area contributed by atoms with Crippen molar-refractivity contribution in [1.82, 2.24) is 4.98 Å². The second-order valence-electron chi connectivity index (χ2n) is 6.40. The summed E-state index contributed by atoms with van der Waals surface area (Å²) in [5.74, 6) is 1.91. The molecule has 1 fully saturated rings. The molecule has 3 rings (SSSR count). The summed E-state index contributed by atoms with van der Waals surface area (Å²) in [6.07, 6.45) is 6.18. The normalized spacial score (nSPS) is 18.6. The minimum absolute atomic E-state index is 0.525. The van der Waals surface area contributed by atoms with Crippen LogP contribution in [0.1, 0.15) is 43.0 Å². The smallest absolute Gasteiger partial charge is 0.133 e. The van der Waals surface area contributed by atoms with Crippen molar-refractivity contribution in [2.45, 2.75) is 51.6 Å². The van der Waals surface area contributed by atoms with E-state index in [0.29, 0.717) is 12.6 Å². The third-order valence-corrected chi connectivity index (χ3v) is 4.93. The van der Waals surface area contributed by atoms with Crippen LogP contribution in [-0.2, 0) is 24.1 Å². The van der Waals surface area contributed by atoms with E-state index >= 15 is 0 Å². The standard InChI is InChI=1S/C17H27N3O/c1-12(13-6-7-13)20(8-9-21-2)17-15(11-18)10-14-4-3-5-16(14)19-17/h10,12-13H,3-9,11,18H2,1-2H3. The molecule has 0 bridgehead atoms. The van der Waals surface area contributed by atoms with Gasteiger partial charge < -0.3 is 15.4 Å². The summed E-state index contributed by atoms with van der Waals surface area (Å²) in [6.45, 7) is 4.52. The number of pyridine rings is 1. The molecule has 1 heterocycles. The molecule has 21 heavy (non-hydrogen) atoms. The van der Waals surface area contributed by atoms with E-state index in [2.05, 4.69) is 17.9 Å². The molecule has 2 aliphatic rings. The van der Waals surface area contributed by atoms with Crippen molar-refractivity contribution >= 4 is 5.82 Å². The fourth-order valence-corrected chi connectivity index (χ4v) is 3.43. The third-order valence-electron chi connectivity index (χ3n) is 4.93. The quantitative estimate of drug-likeness (QED) is 0.836. The van der Waals surface area contributed by atoms with Gasteiger partial charge in [-0.05, 0) is 56.6 Å². The number of rotatable bonds is 7. The van der Waals surface area contributed by atoms with Gasteiger partial charge in [-0.2, -0.15) is 0 Å². The first-order valence-corrected chi connectivity index (χ1v) is 8.22. The number of nitrogens with two attached hydrogens (primary N) is 1. The van der Waals surface area contributed by atoms with E-state index in [1.54, 1.807) is 7.11 Å². The lowest BCUT2D eigenvalue weighted by molar-refractivity contribution is 0.202. The lowest BCUT2D eigenvalue weighted by Crippen LogP contribution is -2.39. The molecule has 4 heteroatoms. The maximum absolute atomic E-state index is 6.01. The van der Waals surface area contributed by atoms with Crippen molar-refractivity contribution in [2.75, 3.05) is 25.2 Å². The van der Waals surface area contributed by atoms with Crippen LogP contribution in [0.4, 0.5) is 5.82 Å². The Bertz CT molecular complexity index is 499. The van der Waals surface area contributed by atoms with Gasteiger partial charge in [0.15, 0.2) is 0 Å². The highest BCUT2D eigenvalue weighted by atomic mass is 16.5. The Morgan fingerprint density at radius 1 is 1.43 bits per heavy atom. The topological polar surface area (TPSA) is 51.4 Å². The maximum Gasteiger partial charge on any atom is 0.133 e. The average Bonchev–Trinajstić information content (AvgIpc) is 3.25.